The van der Waals surface area contributed by atoms with Crippen molar-refractivity contribution in [2.75, 3.05) is 5.73 Å². The Morgan fingerprint density at radius 3 is 2.50 bits per heavy atom. The monoisotopic (exact) mass is 271 g/mol. The number of nitrogens with two attached hydrogens (primary N) is 1. The van der Waals surface area contributed by atoms with Gasteiger partial charge < -0.3 is 10.3 Å². The second kappa shape index (κ2) is 4.71. The molecule has 0 amide bonds. The zero-order chi connectivity index (χ0) is 15.1. The molecule has 20 heavy (non-hydrogen) atoms. The maximum absolute atomic E-state index is 6.26. The van der Waals surface area contributed by atoms with Crippen molar-refractivity contribution in [1.29, 1.82) is 0 Å². The average Bonchev–Trinajstić information content (AvgIpc) is 2.80. The third kappa shape index (κ3) is 2.29. The van der Waals surface area contributed by atoms with Crippen LogP contribution in [0.25, 0.3) is 11.3 Å². The maximum Gasteiger partial charge on any atom is 0.132 e. The van der Waals surface area contributed by atoms with E-state index in [4.69, 9.17) is 17.1 Å². The molecule has 2 heterocycles. The fourth-order valence-electron chi connectivity index (χ4n) is 2.32. The van der Waals surface area contributed by atoms with Gasteiger partial charge in [-0.2, -0.15) is 5.10 Å². The summed E-state index contributed by atoms with van der Waals surface area (Å²) in [5.41, 5.74) is 8.76. The van der Waals surface area contributed by atoms with Gasteiger partial charge in [0.05, 0.1) is 12.2 Å². The van der Waals surface area contributed by atoms with E-state index in [1.807, 2.05) is 24.7 Å². The number of nitrogens with zero attached hydrogens (tertiary/aromatic N) is 4. The van der Waals surface area contributed by atoms with Crippen molar-refractivity contribution >= 4 is 5.82 Å². The zero-order valence-electron chi connectivity index (χ0n) is 12.7. The van der Waals surface area contributed by atoms with Crippen LogP contribution in [0.15, 0.2) is 6.20 Å². The molecule has 0 aliphatic carbocycles. The van der Waals surface area contributed by atoms with Crippen LogP contribution in [0.3, 0.4) is 0 Å². The predicted octanol–water partition coefficient (Wildman–Crippen LogP) is 2.10. The van der Waals surface area contributed by atoms with Gasteiger partial charge in [0.25, 0.3) is 0 Å². The lowest BCUT2D eigenvalue weighted by atomic mass is 9.95. The Morgan fingerprint density at radius 1 is 1.40 bits per heavy atom. The van der Waals surface area contributed by atoms with E-state index in [2.05, 4.69) is 31.8 Å². The SMILES string of the molecule is C#CCn1c(C(C)(C)C)nc(-c2cn(C)nc2C)c1N. The summed E-state index contributed by atoms with van der Waals surface area (Å²) in [6, 6.07) is 0. The molecule has 5 heteroatoms. The number of terminal acetylenes is 1. The van der Waals surface area contributed by atoms with E-state index >= 15 is 0 Å². The van der Waals surface area contributed by atoms with E-state index in [0.717, 1.165) is 22.8 Å². The summed E-state index contributed by atoms with van der Waals surface area (Å²) in [5, 5.41) is 4.35. The lowest BCUT2D eigenvalue weighted by molar-refractivity contribution is 0.517. The van der Waals surface area contributed by atoms with E-state index in [0.29, 0.717) is 12.4 Å². The van der Waals surface area contributed by atoms with Crippen LogP contribution in [0, 0.1) is 19.3 Å². The molecule has 0 bridgehead atoms. The highest BCUT2D eigenvalue weighted by Gasteiger charge is 2.26. The number of imidazole rings is 1. The Morgan fingerprint density at radius 2 is 2.05 bits per heavy atom. The number of hydrogen-bond donors (Lipinski definition) is 1. The van der Waals surface area contributed by atoms with Gasteiger partial charge in [0.2, 0.25) is 0 Å². The molecule has 2 rings (SSSR count). The van der Waals surface area contributed by atoms with Crippen molar-refractivity contribution in [3.63, 3.8) is 0 Å². The molecule has 0 atom stereocenters. The van der Waals surface area contributed by atoms with Gasteiger partial charge in [-0.25, -0.2) is 4.98 Å². The molecule has 0 fully saturated rings. The molecule has 0 spiro atoms. The first kappa shape index (κ1) is 14.2. The van der Waals surface area contributed by atoms with Gasteiger partial charge in [-0.15, -0.1) is 6.42 Å². The summed E-state index contributed by atoms with van der Waals surface area (Å²) >= 11 is 0. The van der Waals surface area contributed by atoms with Gasteiger partial charge in [-0.3, -0.25) is 4.68 Å². The molecule has 0 saturated heterocycles. The summed E-state index contributed by atoms with van der Waals surface area (Å²) in [5.74, 6) is 4.14. The topological polar surface area (TPSA) is 61.7 Å². The van der Waals surface area contributed by atoms with Gasteiger partial charge in [0.1, 0.15) is 17.3 Å². The molecule has 0 aromatic carbocycles. The maximum atomic E-state index is 6.26. The summed E-state index contributed by atoms with van der Waals surface area (Å²) < 4.78 is 3.67. The number of rotatable bonds is 2. The largest absolute Gasteiger partial charge is 0.383 e. The molecule has 2 aromatic heterocycles. The van der Waals surface area contributed by atoms with E-state index in [1.165, 1.54) is 0 Å². The van der Waals surface area contributed by atoms with Crippen molar-refractivity contribution in [3.05, 3.63) is 17.7 Å². The highest BCUT2D eigenvalue weighted by Crippen LogP contribution is 2.32. The fraction of sp³-hybridized carbons (Fsp3) is 0.467. The lowest BCUT2D eigenvalue weighted by Gasteiger charge is -2.18. The van der Waals surface area contributed by atoms with Gasteiger partial charge in [0, 0.05) is 24.2 Å². The minimum atomic E-state index is -0.126. The number of aryl methyl sites for hydroxylation is 2. The van der Waals surface area contributed by atoms with Crippen LogP contribution in [-0.2, 0) is 19.0 Å². The van der Waals surface area contributed by atoms with Gasteiger partial charge >= 0.3 is 0 Å². The third-order valence-electron chi connectivity index (χ3n) is 3.20. The highest BCUT2D eigenvalue weighted by molar-refractivity contribution is 5.72. The Kier molecular flexibility index (Phi) is 3.34. The van der Waals surface area contributed by atoms with Crippen molar-refractivity contribution in [2.45, 2.75) is 39.7 Å². The number of aromatic nitrogens is 4. The molecule has 2 aromatic rings. The Hall–Kier alpha value is -2.22. The van der Waals surface area contributed by atoms with Crippen LogP contribution in [0.5, 0.6) is 0 Å². The molecule has 0 aliphatic heterocycles. The van der Waals surface area contributed by atoms with Crippen LogP contribution in [-0.4, -0.2) is 19.3 Å². The van der Waals surface area contributed by atoms with Gasteiger partial charge in [-0.1, -0.05) is 26.7 Å². The van der Waals surface area contributed by atoms with E-state index in [9.17, 15) is 0 Å². The normalized spacial score (nSPS) is 11.6. The Labute approximate surface area is 119 Å². The van der Waals surface area contributed by atoms with Crippen LogP contribution < -0.4 is 5.73 Å². The van der Waals surface area contributed by atoms with Crippen molar-refractivity contribution < 1.29 is 0 Å². The second-order valence-electron chi connectivity index (χ2n) is 6.01. The first-order chi connectivity index (χ1) is 9.25. The lowest BCUT2D eigenvalue weighted by Crippen LogP contribution is -2.19. The predicted molar refractivity (Wildman–Crippen MR) is 81.1 cm³/mol. The van der Waals surface area contributed by atoms with E-state index in [-0.39, 0.29) is 5.41 Å². The quantitative estimate of drug-likeness (QED) is 0.851. The molecular weight excluding hydrogens is 250 g/mol. The van der Waals surface area contributed by atoms with Gasteiger partial charge in [-0.05, 0) is 6.92 Å². The van der Waals surface area contributed by atoms with Gasteiger partial charge in [0.15, 0.2) is 0 Å². The van der Waals surface area contributed by atoms with E-state index in [1.54, 1.807) is 4.68 Å². The Balaban J connectivity index is 2.68. The molecule has 106 valence electrons. The first-order valence-electron chi connectivity index (χ1n) is 6.56. The van der Waals surface area contributed by atoms with Crippen molar-refractivity contribution in [3.8, 4) is 23.6 Å². The highest BCUT2D eigenvalue weighted by atomic mass is 15.3. The van der Waals surface area contributed by atoms with Crippen LogP contribution in [0.1, 0.15) is 32.3 Å². The standard InChI is InChI=1S/C15H21N5/c1-7-8-20-13(16)12(17-14(20)15(3,4)5)11-9-19(6)18-10(11)2/h1,9H,8,16H2,2-6H3. The molecule has 0 unspecified atom stereocenters. The van der Waals surface area contributed by atoms with Crippen LogP contribution >= 0.6 is 0 Å². The fourth-order valence-corrected chi connectivity index (χ4v) is 2.32. The minimum absolute atomic E-state index is 0.126. The summed E-state index contributed by atoms with van der Waals surface area (Å²) in [6.07, 6.45) is 7.38. The molecular formula is C15H21N5. The summed E-state index contributed by atoms with van der Waals surface area (Å²) in [6.45, 7) is 8.67. The number of nitrogen functional groups attached to an aromatic ring is 1. The van der Waals surface area contributed by atoms with Crippen molar-refractivity contribution in [2.24, 2.45) is 7.05 Å². The summed E-state index contributed by atoms with van der Waals surface area (Å²) in [4.78, 5) is 4.73. The van der Waals surface area contributed by atoms with Crippen LogP contribution in [0.4, 0.5) is 5.82 Å². The first-order valence-corrected chi connectivity index (χ1v) is 6.56. The van der Waals surface area contributed by atoms with E-state index < -0.39 is 0 Å². The molecule has 0 saturated carbocycles. The number of hydrogen-bond acceptors (Lipinski definition) is 3. The molecule has 0 aliphatic rings. The minimum Gasteiger partial charge on any atom is -0.383 e. The molecule has 5 nitrogen and oxygen atoms in total. The second-order valence-corrected chi connectivity index (χ2v) is 6.01. The van der Waals surface area contributed by atoms with Crippen LogP contribution in [0.2, 0.25) is 0 Å². The average molecular weight is 271 g/mol. The number of anilines is 1. The third-order valence-corrected chi connectivity index (χ3v) is 3.20. The molecule has 0 radical (unpaired) electrons. The smallest absolute Gasteiger partial charge is 0.132 e. The van der Waals surface area contributed by atoms with Crippen molar-refractivity contribution in [1.82, 2.24) is 19.3 Å². The Bertz CT molecular complexity index is 676. The summed E-state index contributed by atoms with van der Waals surface area (Å²) in [7, 11) is 1.88. The zero-order valence-corrected chi connectivity index (χ0v) is 12.7. The molecule has 2 N–H and O–H groups in total.